The molecule has 0 unspecified atom stereocenters. The topological polar surface area (TPSA) is 0 Å². The molecule has 0 spiro atoms. The zero-order chi connectivity index (χ0) is 16.1. The second-order valence-corrected chi connectivity index (χ2v) is 7.03. The molecule has 0 aromatic heterocycles. The molecule has 0 bridgehead atoms. The summed E-state index contributed by atoms with van der Waals surface area (Å²) in [4.78, 5) is 0. The van der Waals surface area contributed by atoms with E-state index in [0.29, 0.717) is 0 Å². The van der Waals surface area contributed by atoms with E-state index < -0.39 is 0 Å². The van der Waals surface area contributed by atoms with Crippen LogP contribution in [0.15, 0.2) is 60.7 Å². The van der Waals surface area contributed by atoms with Crippen molar-refractivity contribution in [1.82, 2.24) is 0 Å². The van der Waals surface area contributed by atoms with Crippen molar-refractivity contribution in [3.63, 3.8) is 0 Å². The molecular weight excluding hydrogens is 450 g/mol. The number of fused-ring (bicyclic) bond motifs is 1. The van der Waals surface area contributed by atoms with Gasteiger partial charge in [0.2, 0.25) is 0 Å². The van der Waals surface area contributed by atoms with Crippen LogP contribution < -0.4 is 24.8 Å². The Kier molecular flexibility index (Phi) is 7.42. The summed E-state index contributed by atoms with van der Waals surface area (Å²) < 4.78 is 0. The zero-order valence-electron chi connectivity index (χ0n) is 15.4. The van der Waals surface area contributed by atoms with Crippen molar-refractivity contribution in [1.29, 1.82) is 0 Å². The van der Waals surface area contributed by atoms with Crippen LogP contribution in [-0.4, -0.2) is 0 Å². The SMILES string of the molecule is CCCc1cc2c(-c3ccc4c5c(cccc35)CC4)cccc2[cH-]1.[Cl-].[Cl-].[Zr+3]. The maximum Gasteiger partial charge on any atom is 3.00 e. The molecule has 1 radical (unpaired) electrons. The second-order valence-electron chi connectivity index (χ2n) is 7.03. The van der Waals surface area contributed by atoms with Crippen LogP contribution in [0, 0.1) is 0 Å². The average molecular weight is 472 g/mol. The standard InChI is InChI=1S/C24H21.2ClH.Zr/c1-2-5-16-14-19-7-4-8-20(23(19)15-16)21-13-12-18-11-10-17-6-3-9-22(21)24(17)18;;;/h3-4,6-9,12-15H,2,5,10-11H2,1H3;2*1H;/q-1;;;+3/p-2. The van der Waals surface area contributed by atoms with E-state index in [9.17, 15) is 0 Å². The van der Waals surface area contributed by atoms with Gasteiger partial charge in [-0.3, -0.25) is 0 Å². The minimum atomic E-state index is 0. The fourth-order valence-corrected chi connectivity index (χ4v) is 4.45. The van der Waals surface area contributed by atoms with E-state index in [1.807, 2.05) is 0 Å². The molecule has 5 rings (SSSR count). The van der Waals surface area contributed by atoms with E-state index in [1.54, 1.807) is 0 Å². The van der Waals surface area contributed by atoms with Gasteiger partial charge >= 0.3 is 26.2 Å². The summed E-state index contributed by atoms with van der Waals surface area (Å²) in [6.45, 7) is 2.25. The minimum absolute atomic E-state index is 0. The molecule has 3 heteroatoms. The van der Waals surface area contributed by atoms with Gasteiger partial charge in [0.15, 0.2) is 0 Å². The van der Waals surface area contributed by atoms with Gasteiger partial charge in [-0.05, 0) is 46.7 Å². The quantitative estimate of drug-likeness (QED) is 0.381. The third-order valence-corrected chi connectivity index (χ3v) is 5.52. The molecule has 1 aliphatic carbocycles. The van der Waals surface area contributed by atoms with Crippen molar-refractivity contribution in [2.45, 2.75) is 32.6 Å². The van der Waals surface area contributed by atoms with E-state index in [0.717, 1.165) is 6.42 Å². The van der Waals surface area contributed by atoms with Gasteiger partial charge in [0, 0.05) is 0 Å². The van der Waals surface area contributed by atoms with Crippen molar-refractivity contribution in [2.24, 2.45) is 0 Å². The third kappa shape index (κ3) is 3.67. The maximum atomic E-state index is 2.40. The van der Waals surface area contributed by atoms with Crippen molar-refractivity contribution >= 4 is 21.5 Å². The molecule has 1 aliphatic rings. The molecule has 0 saturated carbocycles. The van der Waals surface area contributed by atoms with Gasteiger partial charge in [-0.25, -0.2) is 0 Å². The van der Waals surface area contributed by atoms with E-state index in [-0.39, 0.29) is 51.0 Å². The number of hydrogen-bond donors (Lipinski definition) is 0. The molecule has 0 N–H and O–H groups in total. The molecule has 0 amide bonds. The third-order valence-electron chi connectivity index (χ3n) is 5.52. The van der Waals surface area contributed by atoms with Crippen LogP contribution in [0.1, 0.15) is 30.0 Å². The predicted molar refractivity (Wildman–Crippen MR) is 104 cm³/mol. The number of aryl methyl sites for hydroxylation is 3. The normalized spacial score (nSPS) is 11.7. The summed E-state index contributed by atoms with van der Waals surface area (Å²) in [6, 6.07) is 23.0. The Morgan fingerprint density at radius 1 is 0.815 bits per heavy atom. The summed E-state index contributed by atoms with van der Waals surface area (Å²) in [7, 11) is 0. The molecule has 27 heavy (non-hydrogen) atoms. The average Bonchev–Trinajstić information content (AvgIpc) is 3.21. The van der Waals surface area contributed by atoms with Crippen LogP contribution in [-0.2, 0) is 45.5 Å². The van der Waals surface area contributed by atoms with Crippen molar-refractivity contribution < 1.29 is 51.0 Å². The number of halogens is 2. The molecule has 0 heterocycles. The molecule has 135 valence electrons. The van der Waals surface area contributed by atoms with Gasteiger partial charge in [0.1, 0.15) is 0 Å². The second kappa shape index (κ2) is 9.00. The van der Waals surface area contributed by atoms with Gasteiger partial charge in [-0.2, -0.15) is 6.07 Å². The summed E-state index contributed by atoms with van der Waals surface area (Å²) in [6.07, 6.45) is 4.75. The first-order valence-corrected chi connectivity index (χ1v) is 9.07. The Morgan fingerprint density at radius 3 is 2.30 bits per heavy atom. The zero-order valence-corrected chi connectivity index (χ0v) is 19.3. The molecule has 4 aromatic carbocycles. The van der Waals surface area contributed by atoms with Crippen molar-refractivity contribution in [2.75, 3.05) is 0 Å². The molecular formula is C24H21Cl2Zr. The molecule has 0 fully saturated rings. The monoisotopic (exact) mass is 469 g/mol. The molecule has 0 saturated heterocycles. The molecule has 0 aliphatic heterocycles. The van der Waals surface area contributed by atoms with Crippen LogP contribution >= 0.6 is 0 Å². The van der Waals surface area contributed by atoms with Crippen LogP contribution in [0.2, 0.25) is 0 Å². The largest absolute Gasteiger partial charge is 3.00 e. The summed E-state index contributed by atoms with van der Waals surface area (Å²) >= 11 is 0. The van der Waals surface area contributed by atoms with Gasteiger partial charge in [0.05, 0.1) is 0 Å². The Morgan fingerprint density at radius 2 is 1.52 bits per heavy atom. The van der Waals surface area contributed by atoms with Gasteiger partial charge in [0.25, 0.3) is 0 Å². The minimum Gasteiger partial charge on any atom is -1.00 e. The maximum absolute atomic E-state index is 2.40. The summed E-state index contributed by atoms with van der Waals surface area (Å²) in [5.74, 6) is 0. The van der Waals surface area contributed by atoms with E-state index in [4.69, 9.17) is 0 Å². The van der Waals surface area contributed by atoms with E-state index in [2.05, 4.69) is 67.6 Å². The van der Waals surface area contributed by atoms with Crippen LogP contribution in [0.5, 0.6) is 0 Å². The Labute approximate surface area is 192 Å². The first kappa shape index (κ1) is 22.3. The molecule has 0 atom stereocenters. The summed E-state index contributed by atoms with van der Waals surface area (Å²) in [5.41, 5.74) is 7.27. The first-order valence-electron chi connectivity index (χ1n) is 9.07. The predicted octanol–water partition coefficient (Wildman–Crippen LogP) is 0.436. The summed E-state index contributed by atoms with van der Waals surface area (Å²) in [5, 5.41) is 5.71. The van der Waals surface area contributed by atoms with Crippen LogP contribution in [0.3, 0.4) is 0 Å². The fourth-order valence-electron chi connectivity index (χ4n) is 4.45. The molecule has 4 aromatic rings. The van der Waals surface area contributed by atoms with E-state index in [1.165, 1.54) is 68.6 Å². The Hall–Kier alpha value is -1.01. The number of rotatable bonds is 3. The van der Waals surface area contributed by atoms with Gasteiger partial charge in [-0.1, -0.05) is 55.3 Å². The van der Waals surface area contributed by atoms with E-state index >= 15 is 0 Å². The van der Waals surface area contributed by atoms with Crippen LogP contribution in [0.25, 0.3) is 32.7 Å². The smallest absolute Gasteiger partial charge is 1.00 e. The van der Waals surface area contributed by atoms with Crippen molar-refractivity contribution in [3.8, 4) is 11.1 Å². The van der Waals surface area contributed by atoms with Crippen LogP contribution in [0.4, 0.5) is 0 Å². The fraction of sp³-hybridized carbons (Fsp3) is 0.208. The Bertz CT molecular complexity index is 1070. The van der Waals surface area contributed by atoms with Gasteiger partial charge < -0.3 is 24.8 Å². The Balaban J connectivity index is 0.000000871. The van der Waals surface area contributed by atoms with Gasteiger partial charge in [-0.15, -0.1) is 34.5 Å². The number of hydrogen-bond acceptors (Lipinski definition) is 0. The number of benzene rings is 3. The molecule has 0 nitrogen and oxygen atoms in total. The van der Waals surface area contributed by atoms with Crippen molar-refractivity contribution in [3.05, 3.63) is 77.4 Å². The first-order chi connectivity index (χ1) is 11.8.